The van der Waals surface area contributed by atoms with Crippen molar-refractivity contribution in [3.63, 3.8) is 0 Å². The molecule has 0 saturated carbocycles. The topological polar surface area (TPSA) is 96.0 Å². The van der Waals surface area contributed by atoms with Crippen molar-refractivity contribution in [3.05, 3.63) is 84.4 Å². The first-order chi connectivity index (χ1) is 18.8. The maximum absolute atomic E-state index is 14.0. The summed E-state index contributed by atoms with van der Waals surface area (Å²) in [5, 5.41) is 2.63. The predicted octanol–water partition coefficient (Wildman–Crippen LogP) is 4.56. The summed E-state index contributed by atoms with van der Waals surface area (Å²) in [7, 11) is -2.67. The van der Waals surface area contributed by atoms with Crippen molar-refractivity contribution in [3.8, 4) is 5.75 Å². The molecule has 0 unspecified atom stereocenters. The summed E-state index contributed by atoms with van der Waals surface area (Å²) in [6, 6.07) is 21.8. The fraction of sp³-hybridized carbons (Fsp3) is 0.310. The second-order valence-electron chi connectivity index (χ2n) is 8.63. The highest BCUT2D eigenvalue weighted by atomic mass is 32.2. The molecule has 0 aromatic heterocycles. The molecule has 0 radical (unpaired) electrons. The molecule has 0 aliphatic rings. The lowest BCUT2D eigenvalue weighted by atomic mass is 10.1. The number of nitrogens with one attached hydrogen (secondary N) is 1. The van der Waals surface area contributed by atoms with E-state index in [1.54, 1.807) is 43.3 Å². The average molecular weight is 570 g/mol. The van der Waals surface area contributed by atoms with Gasteiger partial charge in [0, 0.05) is 18.5 Å². The maximum atomic E-state index is 14.0. The van der Waals surface area contributed by atoms with Crippen LogP contribution in [0.3, 0.4) is 0 Å². The van der Waals surface area contributed by atoms with Gasteiger partial charge in [-0.15, -0.1) is 11.8 Å². The van der Waals surface area contributed by atoms with E-state index in [1.807, 2.05) is 43.5 Å². The van der Waals surface area contributed by atoms with E-state index in [9.17, 15) is 18.0 Å². The van der Waals surface area contributed by atoms with Crippen LogP contribution in [-0.2, 0) is 26.2 Å². The van der Waals surface area contributed by atoms with Gasteiger partial charge < -0.3 is 15.0 Å². The van der Waals surface area contributed by atoms with Crippen LogP contribution in [0.15, 0.2) is 88.7 Å². The monoisotopic (exact) mass is 569 g/mol. The van der Waals surface area contributed by atoms with Crippen LogP contribution in [0.5, 0.6) is 5.75 Å². The van der Waals surface area contributed by atoms with Crippen LogP contribution in [0.2, 0.25) is 0 Å². The van der Waals surface area contributed by atoms with Gasteiger partial charge in [-0.25, -0.2) is 8.42 Å². The number of likely N-dealkylation sites (N-methyl/N-ethyl adjacent to an activating group) is 1. The minimum atomic E-state index is -4.18. The SMILES string of the molecule is CCOc1ccccc1N(CC(=O)N(Cc1ccccc1)[C@H](CC)C(=O)NC)S(=O)(=O)c1ccc(SC)cc1. The number of nitrogens with zero attached hydrogens (tertiary/aromatic N) is 2. The highest BCUT2D eigenvalue weighted by Gasteiger charge is 2.34. The first-order valence-electron chi connectivity index (χ1n) is 12.7. The van der Waals surface area contributed by atoms with Crippen LogP contribution in [0, 0.1) is 0 Å². The molecule has 2 amide bonds. The van der Waals surface area contributed by atoms with Gasteiger partial charge in [-0.3, -0.25) is 13.9 Å². The molecule has 0 aliphatic carbocycles. The Kier molecular flexibility index (Phi) is 10.8. The number of benzene rings is 3. The van der Waals surface area contributed by atoms with Gasteiger partial charge in [-0.1, -0.05) is 49.4 Å². The summed E-state index contributed by atoms with van der Waals surface area (Å²) >= 11 is 1.50. The number of thioether (sulfide) groups is 1. The standard InChI is InChI=1S/C29H35N3O5S2/c1-5-25(29(34)30-3)31(20-22-12-8-7-9-13-22)28(33)21-32(26-14-10-11-15-27(26)37-6-2)39(35,36)24-18-16-23(38-4)17-19-24/h7-19,25H,5-6,20-21H2,1-4H3,(H,30,34)/t25-/m1/s1. The van der Waals surface area contributed by atoms with Crippen LogP contribution in [0.4, 0.5) is 5.69 Å². The van der Waals surface area contributed by atoms with Gasteiger partial charge in [0.05, 0.1) is 17.2 Å². The Morgan fingerprint density at radius 2 is 1.59 bits per heavy atom. The third-order valence-electron chi connectivity index (χ3n) is 6.19. The quantitative estimate of drug-likeness (QED) is 0.303. The van der Waals surface area contributed by atoms with Crippen molar-refractivity contribution in [1.29, 1.82) is 0 Å². The molecule has 8 nitrogen and oxygen atoms in total. The first-order valence-corrected chi connectivity index (χ1v) is 15.4. The Balaban J connectivity index is 2.10. The van der Waals surface area contributed by atoms with E-state index in [0.717, 1.165) is 14.8 Å². The molecule has 208 valence electrons. The number of sulfonamides is 1. The molecule has 3 rings (SSSR count). The van der Waals surface area contributed by atoms with Gasteiger partial charge in [0.15, 0.2) is 0 Å². The van der Waals surface area contributed by atoms with Crippen molar-refractivity contribution >= 4 is 39.3 Å². The normalized spacial score (nSPS) is 11.9. The number of hydrogen-bond donors (Lipinski definition) is 1. The maximum Gasteiger partial charge on any atom is 0.264 e. The van der Waals surface area contributed by atoms with Gasteiger partial charge in [-0.05, 0) is 61.6 Å². The van der Waals surface area contributed by atoms with Crippen molar-refractivity contribution in [1.82, 2.24) is 10.2 Å². The Morgan fingerprint density at radius 1 is 0.949 bits per heavy atom. The van der Waals surface area contributed by atoms with E-state index in [0.29, 0.717) is 18.8 Å². The van der Waals surface area contributed by atoms with E-state index >= 15 is 0 Å². The number of carbonyl (C=O) groups excluding carboxylic acids is 2. The first kappa shape index (κ1) is 30.0. The van der Waals surface area contributed by atoms with Crippen LogP contribution >= 0.6 is 11.8 Å². The Morgan fingerprint density at radius 3 is 2.18 bits per heavy atom. The number of carbonyl (C=O) groups is 2. The zero-order valence-corrected chi connectivity index (χ0v) is 24.3. The molecule has 39 heavy (non-hydrogen) atoms. The highest BCUT2D eigenvalue weighted by Crippen LogP contribution is 2.33. The van der Waals surface area contributed by atoms with Crippen LogP contribution in [0.1, 0.15) is 25.8 Å². The number of anilines is 1. The lowest BCUT2D eigenvalue weighted by molar-refractivity contribution is -0.140. The van der Waals surface area contributed by atoms with E-state index in [2.05, 4.69) is 5.32 Å². The fourth-order valence-electron chi connectivity index (χ4n) is 4.20. The van der Waals surface area contributed by atoms with Gasteiger partial charge in [-0.2, -0.15) is 0 Å². The van der Waals surface area contributed by atoms with Gasteiger partial charge >= 0.3 is 0 Å². The Hall–Kier alpha value is -3.50. The molecular formula is C29H35N3O5S2. The lowest BCUT2D eigenvalue weighted by Crippen LogP contribution is -2.51. The Bertz CT molecular complexity index is 1350. The molecule has 0 aliphatic heterocycles. The van der Waals surface area contributed by atoms with Crippen LogP contribution in [0.25, 0.3) is 0 Å². The van der Waals surface area contributed by atoms with Crippen molar-refractivity contribution < 1.29 is 22.7 Å². The zero-order chi connectivity index (χ0) is 28.4. The number of amides is 2. The molecule has 10 heteroatoms. The average Bonchev–Trinajstić information content (AvgIpc) is 2.96. The molecule has 0 fully saturated rings. The fourth-order valence-corrected chi connectivity index (χ4v) is 6.03. The molecule has 0 spiro atoms. The molecule has 0 heterocycles. The third kappa shape index (κ3) is 7.33. The summed E-state index contributed by atoms with van der Waals surface area (Å²) in [6.45, 7) is 3.57. The van der Waals surface area contributed by atoms with Gasteiger partial charge in [0.2, 0.25) is 11.8 Å². The molecular weight excluding hydrogens is 534 g/mol. The van der Waals surface area contributed by atoms with Crippen LogP contribution in [-0.4, -0.2) is 57.6 Å². The number of hydrogen-bond acceptors (Lipinski definition) is 6. The second-order valence-corrected chi connectivity index (χ2v) is 11.4. The lowest BCUT2D eigenvalue weighted by Gasteiger charge is -2.33. The second kappa shape index (κ2) is 14.0. The van der Waals surface area contributed by atoms with Gasteiger partial charge in [0.25, 0.3) is 10.0 Å². The highest BCUT2D eigenvalue weighted by molar-refractivity contribution is 7.98. The largest absolute Gasteiger partial charge is 0.492 e. The molecule has 1 atom stereocenters. The van der Waals surface area contributed by atoms with E-state index in [1.165, 1.54) is 35.8 Å². The molecule has 0 saturated heterocycles. The minimum Gasteiger partial charge on any atom is -0.492 e. The number of para-hydroxylation sites is 2. The van der Waals surface area contributed by atoms with Crippen molar-refractivity contribution in [2.45, 2.75) is 42.6 Å². The molecule has 3 aromatic rings. The number of ether oxygens (including phenoxy) is 1. The summed E-state index contributed by atoms with van der Waals surface area (Å²) in [4.78, 5) is 29.2. The molecule has 1 N–H and O–H groups in total. The minimum absolute atomic E-state index is 0.0485. The van der Waals surface area contributed by atoms with E-state index in [4.69, 9.17) is 4.74 Å². The third-order valence-corrected chi connectivity index (χ3v) is 8.71. The smallest absolute Gasteiger partial charge is 0.264 e. The summed E-state index contributed by atoms with van der Waals surface area (Å²) in [6.07, 6.45) is 2.27. The zero-order valence-electron chi connectivity index (χ0n) is 22.7. The molecule has 3 aromatic carbocycles. The summed E-state index contributed by atoms with van der Waals surface area (Å²) in [5.74, 6) is -0.492. The van der Waals surface area contributed by atoms with E-state index < -0.39 is 28.5 Å². The predicted molar refractivity (Wildman–Crippen MR) is 156 cm³/mol. The summed E-state index contributed by atoms with van der Waals surface area (Å²) in [5.41, 5.74) is 1.07. The van der Waals surface area contributed by atoms with E-state index in [-0.39, 0.29) is 23.0 Å². The van der Waals surface area contributed by atoms with Crippen molar-refractivity contribution in [2.75, 3.05) is 30.8 Å². The van der Waals surface area contributed by atoms with Crippen LogP contribution < -0.4 is 14.4 Å². The number of rotatable bonds is 13. The van der Waals surface area contributed by atoms with Gasteiger partial charge in [0.1, 0.15) is 18.3 Å². The van der Waals surface area contributed by atoms with Crippen molar-refractivity contribution in [2.24, 2.45) is 0 Å². The summed E-state index contributed by atoms with van der Waals surface area (Å²) < 4.78 is 34.9. The molecule has 0 bridgehead atoms. The Labute approximate surface area is 235 Å².